The molecule has 0 radical (unpaired) electrons. The summed E-state index contributed by atoms with van der Waals surface area (Å²) in [4.78, 5) is 23.5. The highest BCUT2D eigenvalue weighted by Gasteiger charge is 2.19. The molecular formula is C27H24FIN8O2. The number of aromatic nitrogens is 5. The Bertz CT molecular complexity index is 1620. The number of anilines is 2. The fraction of sp³-hybridized carbons (Fsp3) is 0.148. The van der Waals surface area contributed by atoms with Crippen molar-refractivity contribution < 1.29 is 13.7 Å². The second-order valence-electron chi connectivity index (χ2n) is 9.05. The molecule has 12 heteroatoms. The number of nitrogens with one attached hydrogen (secondary N) is 1. The summed E-state index contributed by atoms with van der Waals surface area (Å²) in [6.07, 6.45) is 2.88. The summed E-state index contributed by atoms with van der Waals surface area (Å²) in [6, 6.07) is 15.9. The highest BCUT2D eigenvalue weighted by atomic mass is 127. The van der Waals surface area contributed by atoms with Gasteiger partial charge in [-0.2, -0.15) is 5.10 Å². The molecule has 0 atom stereocenters. The van der Waals surface area contributed by atoms with E-state index < -0.39 is 0 Å². The maximum Gasteiger partial charge on any atom is 0.255 e. The molecule has 0 spiro atoms. The Labute approximate surface area is 237 Å². The van der Waals surface area contributed by atoms with Crippen LogP contribution in [0.15, 0.2) is 71.6 Å². The van der Waals surface area contributed by atoms with E-state index in [0.29, 0.717) is 31.8 Å². The molecule has 10 nitrogen and oxygen atoms in total. The highest BCUT2D eigenvalue weighted by Crippen LogP contribution is 2.27. The van der Waals surface area contributed by atoms with Crippen LogP contribution in [0.3, 0.4) is 0 Å². The molecule has 39 heavy (non-hydrogen) atoms. The van der Waals surface area contributed by atoms with E-state index in [-0.39, 0.29) is 35.6 Å². The maximum absolute atomic E-state index is 14.7. The van der Waals surface area contributed by atoms with E-state index in [0.717, 1.165) is 12.1 Å². The lowest BCUT2D eigenvalue weighted by Gasteiger charge is -2.11. The highest BCUT2D eigenvalue weighted by molar-refractivity contribution is 14.1. The molecule has 3 aromatic heterocycles. The number of benzene rings is 2. The molecule has 0 saturated heterocycles. The molecule has 0 unspecified atom stereocenters. The molecule has 3 heterocycles. The number of hydrogen-bond acceptors (Lipinski definition) is 8. The van der Waals surface area contributed by atoms with Crippen LogP contribution in [0.25, 0.3) is 22.9 Å². The Hall–Kier alpha value is -4.17. The average Bonchev–Trinajstić information content (AvgIpc) is 3.58. The molecule has 0 aliphatic heterocycles. The van der Waals surface area contributed by atoms with Crippen LogP contribution < -0.4 is 11.1 Å². The third kappa shape index (κ3) is 5.96. The zero-order chi connectivity index (χ0) is 27.5. The van der Waals surface area contributed by atoms with Gasteiger partial charge in [-0.15, -0.1) is 0 Å². The van der Waals surface area contributed by atoms with E-state index in [4.69, 9.17) is 10.3 Å². The SMILES string of the molecule is CN(C)Cc1ccc(C(=O)Nc2cnc(-c3cc(-c4ccon4)n(Cc4cccc(I)c4F)n3)nc2N)cc1. The van der Waals surface area contributed by atoms with Gasteiger partial charge in [0.05, 0.1) is 18.4 Å². The monoisotopic (exact) mass is 638 g/mol. The smallest absolute Gasteiger partial charge is 0.255 e. The average molecular weight is 638 g/mol. The predicted molar refractivity (Wildman–Crippen MR) is 153 cm³/mol. The first-order chi connectivity index (χ1) is 18.8. The van der Waals surface area contributed by atoms with Crippen molar-refractivity contribution in [3.63, 3.8) is 0 Å². The van der Waals surface area contributed by atoms with Gasteiger partial charge in [-0.1, -0.05) is 29.4 Å². The molecule has 198 valence electrons. The molecule has 0 saturated carbocycles. The number of amides is 1. The minimum atomic E-state index is -0.327. The van der Waals surface area contributed by atoms with Crippen molar-refractivity contribution >= 4 is 40.0 Å². The minimum absolute atomic E-state index is 0.0822. The van der Waals surface area contributed by atoms with E-state index in [1.165, 1.54) is 12.5 Å². The number of nitrogen functional groups attached to an aromatic ring is 1. The fourth-order valence-electron chi connectivity index (χ4n) is 3.97. The largest absolute Gasteiger partial charge is 0.382 e. The first-order valence-corrected chi connectivity index (χ1v) is 13.0. The topological polar surface area (TPSA) is 128 Å². The summed E-state index contributed by atoms with van der Waals surface area (Å²) in [5, 5.41) is 11.4. The number of rotatable bonds is 8. The van der Waals surface area contributed by atoms with Crippen molar-refractivity contribution in [1.29, 1.82) is 0 Å². The van der Waals surface area contributed by atoms with Gasteiger partial charge in [0.1, 0.15) is 29.2 Å². The van der Waals surface area contributed by atoms with Crippen molar-refractivity contribution in [2.45, 2.75) is 13.1 Å². The molecule has 0 aliphatic rings. The molecule has 3 N–H and O–H groups in total. The van der Waals surface area contributed by atoms with Crippen LogP contribution in [0.4, 0.5) is 15.9 Å². The quantitative estimate of drug-likeness (QED) is 0.235. The van der Waals surface area contributed by atoms with Crippen molar-refractivity contribution in [3.8, 4) is 22.9 Å². The van der Waals surface area contributed by atoms with E-state index >= 15 is 0 Å². The first kappa shape index (κ1) is 26.4. The Morgan fingerprint density at radius 3 is 2.64 bits per heavy atom. The number of hydrogen-bond donors (Lipinski definition) is 2. The Balaban J connectivity index is 1.39. The van der Waals surface area contributed by atoms with Crippen LogP contribution in [0.5, 0.6) is 0 Å². The number of halogens is 2. The number of carbonyl (C=O) groups is 1. The summed E-state index contributed by atoms with van der Waals surface area (Å²) < 4.78 is 21.8. The molecule has 5 rings (SSSR count). The number of nitrogens with two attached hydrogens (primary N) is 1. The molecular weight excluding hydrogens is 614 g/mol. The van der Waals surface area contributed by atoms with Gasteiger partial charge >= 0.3 is 0 Å². The summed E-state index contributed by atoms with van der Waals surface area (Å²) in [6.45, 7) is 0.930. The van der Waals surface area contributed by atoms with Gasteiger partial charge in [0, 0.05) is 27.3 Å². The molecule has 2 aromatic carbocycles. The first-order valence-electron chi connectivity index (χ1n) is 11.9. The molecule has 1 amide bonds. The molecule has 0 aliphatic carbocycles. The van der Waals surface area contributed by atoms with Gasteiger partial charge in [-0.25, -0.2) is 14.4 Å². The molecule has 0 fully saturated rings. The van der Waals surface area contributed by atoms with Gasteiger partial charge in [0.2, 0.25) is 0 Å². The van der Waals surface area contributed by atoms with E-state index in [2.05, 4.69) is 25.5 Å². The lowest BCUT2D eigenvalue weighted by molar-refractivity contribution is 0.102. The lowest BCUT2D eigenvalue weighted by atomic mass is 10.1. The van der Waals surface area contributed by atoms with Crippen LogP contribution in [0.1, 0.15) is 21.5 Å². The Morgan fingerprint density at radius 2 is 1.95 bits per heavy atom. The second kappa shape index (κ2) is 11.3. The van der Waals surface area contributed by atoms with Gasteiger partial charge in [0.25, 0.3) is 5.91 Å². The summed E-state index contributed by atoms with van der Waals surface area (Å²) in [5.41, 5.74) is 10.0. The predicted octanol–water partition coefficient (Wildman–Crippen LogP) is 4.68. The zero-order valence-electron chi connectivity index (χ0n) is 21.1. The summed E-state index contributed by atoms with van der Waals surface area (Å²) in [7, 11) is 3.96. The Kier molecular flexibility index (Phi) is 7.65. The minimum Gasteiger partial charge on any atom is -0.382 e. The van der Waals surface area contributed by atoms with Gasteiger partial charge < -0.3 is 20.5 Å². The lowest BCUT2D eigenvalue weighted by Crippen LogP contribution is -2.15. The van der Waals surface area contributed by atoms with Crippen molar-refractivity contribution in [1.82, 2.24) is 29.8 Å². The van der Waals surface area contributed by atoms with Crippen molar-refractivity contribution in [2.75, 3.05) is 25.1 Å². The second-order valence-corrected chi connectivity index (χ2v) is 10.2. The van der Waals surface area contributed by atoms with Crippen LogP contribution in [0.2, 0.25) is 0 Å². The summed E-state index contributed by atoms with van der Waals surface area (Å²) >= 11 is 1.95. The van der Waals surface area contributed by atoms with E-state index in [1.54, 1.807) is 47.1 Å². The van der Waals surface area contributed by atoms with E-state index in [1.807, 2.05) is 53.7 Å². The van der Waals surface area contributed by atoms with Gasteiger partial charge in [-0.05, 0) is 66.5 Å². The maximum atomic E-state index is 14.7. The number of nitrogens with zero attached hydrogens (tertiary/aromatic N) is 6. The van der Waals surface area contributed by atoms with Crippen LogP contribution in [-0.4, -0.2) is 49.8 Å². The van der Waals surface area contributed by atoms with Crippen molar-refractivity contribution in [3.05, 3.63) is 93.1 Å². The van der Waals surface area contributed by atoms with E-state index in [9.17, 15) is 9.18 Å². The molecule has 5 aromatic rings. The van der Waals surface area contributed by atoms with Gasteiger partial charge in [-0.3, -0.25) is 9.48 Å². The normalized spacial score (nSPS) is 11.2. The van der Waals surface area contributed by atoms with Crippen molar-refractivity contribution in [2.24, 2.45) is 0 Å². The standard InChI is InChI=1S/C27H24FIN8O2/c1-36(2)14-16-6-8-17(9-7-16)27(38)32-22-13-31-26(33-25(22)30)21-12-23(20-10-11-39-35-20)37(34-21)15-18-4-3-5-19(29)24(18)28/h3-13H,14-15H2,1-2H3,(H,32,38)(H2,30,31,33). The van der Waals surface area contributed by atoms with Crippen LogP contribution in [-0.2, 0) is 13.1 Å². The summed E-state index contributed by atoms with van der Waals surface area (Å²) in [5.74, 6) is -0.315. The molecule has 0 bridgehead atoms. The fourth-order valence-corrected chi connectivity index (χ4v) is 4.52. The van der Waals surface area contributed by atoms with Crippen LogP contribution in [0, 0.1) is 9.39 Å². The third-order valence-electron chi connectivity index (χ3n) is 5.84. The van der Waals surface area contributed by atoms with Gasteiger partial charge in [0.15, 0.2) is 11.6 Å². The Morgan fingerprint density at radius 1 is 1.15 bits per heavy atom. The van der Waals surface area contributed by atoms with Crippen LogP contribution >= 0.6 is 22.6 Å². The third-order valence-corrected chi connectivity index (χ3v) is 6.68. The zero-order valence-corrected chi connectivity index (χ0v) is 23.3. The number of carbonyl (C=O) groups excluding carboxylic acids is 1.